The molecule has 0 bridgehead atoms. The summed E-state index contributed by atoms with van der Waals surface area (Å²) in [6, 6.07) is 0.652. The summed E-state index contributed by atoms with van der Waals surface area (Å²) < 4.78 is 64.6. The van der Waals surface area contributed by atoms with Gasteiger partial charge in [-0.15, -0.1) is 24.8 Å². The predicted molar refractivity (Wildman–Crippen MR) is 51.4 cm³/mol. The molecule has 0 unspecified atom stereocenters. The summed E-state index contributed by atoms with van der Waals surface area (Å²) in [5.41, 5.74) is -1.39. The van der Waals surface area contributed by atoms with Gasteiger partial charge in [0, 0.05) is 5.56 Å². The summed E-state index contributed by atoms with van der Waals surface area (Å²) in [6.07, 6.45) is -8.38. The number of alkyl halides is 6. The van der Waals surface area contributed by atoms with E-state index in [2.05, 4.69) is 9.72 Å². The molecule has 0 aliphatic heterocycles. The van der Waals surface area contributed by atoms with Gasteiger partial charge in [-0.05, 0) is 6.07 Å². The molecule has 1 aromatic rings. The average molecular weight is 292 g/mol. The molecule has 0 amide bonds. The maximum atomic E-state index is 12.5. The first-order chi connectivity index (χ1) is 8.28. The van der Waals surface area contributed by atoms with Crippen LogP contribution in [-0.2, 0) is 12.5 Å². The summed E-state index contributed by atoms with van der Waals surface area (Å²) in [7, 11) is 0. The molecule has 1 heterocycles. The van der Waals surface area contributed by atoms with Gasteiger partial charge < -0.3 is 9.84 Å². The minimum absolute atomic E-state index is 0.103. The first kappa shape index (κ1) is 14.9. The molecule has 9 heteroatoms. The number of aliphatic hydroxyl groups excluding tert-OH is 1. The van der Waals surface area contributed by atoms with Crippen molar-refractivity contribution in [3.8, 4) is 5.75 Å². The zero-order valence-electron chi connectivity index (χ0n) is 8.64. The first-order valence-electron chi connectivity index (χ1n) is 4.52. The van der Waals surface area contributed by atoms with Gasteiger partial charge in [-0.1, -0.05) is 0 Å². The van der Waals surface area contributed by atoms with Gasteiger partial charge in [0.1, 0.15) is 5.69 Å². The molecule has 0 fully saturated rings. The van der Waals surface area contributed by atoms with Crippen LogP contribution in [0.4, 0.5) is 22.0 Å². The number of nitrogens with zero attached hydrogens (tertiary/aromatic N) is 1. The van der Waals surface area contributed by atoms with Crippen LogP contribution in [0.5, 0.6) is 5.75 Å². The minimum Gasteiger partial charge on any atom is -0.404 e. The number of hydrogen-bond donors (Lipinski definition) is 1. The maximum absolute atomic E-state index is 12.5. The Morgan fingerprint density at radius 3 is 2.39 bits per heavy atom. The van der Waals surface area contributed by atoms with E-state index >= 15 is 0 Å². The Morgan fingerprint density at radius 2 is 2.00 bits per heavy atom. The van der Waals surface area contributed by atoms with Crippen LogP contribution in [0.3, 0.4) is 0 Å². The van der Waals surface area contributed by atoms with Gasteiger partial charge in [0.05, 0.1) is 18.2 Å². The second-order valence-corrected chi connectivity index (χ2v) is 3.39. The number of aromatic nitrogens is 1. The van der Waals surface area contributed by atoms with Crippen molar-refractivity contribution in [1.29, 1.82) is 0 Å². The van der Waals surface area contributed by atoms with Gasteiger partial charge in [0.2, 0.25) is 0 Å². The maximum Gasteiger partial charge on any atom is 0.573 e. The van der Waals surface area contributed by atoms with Crippen molar-refractivity contribution >= 4 is 11.6 Å². The van der Waals surface area contributed by atoms with Crippen molar-refractivity contribution in [3.05, 3.63) is 23.0 Å². The quantitative estimate of drug-likeness (QED) is 0.684. The molecule has 0 saturated carbocycles. The Bertz CT molecular complexity index is 424. The lowest BCUT2D eigenvalue weighted by Gasteiger charge is -2.15. The van der Waals surface area contributed by atoms with E-state index < -0.39 is 30.8 Å². The predicted octanol–water partition coefficient (Wildman–Crippen LogP) is 3.15. The highest BCUT2D eigenvalue weighted by atomic mass is 35.5. The Morgan fingerprint density at radius 1 is 1.39 bits per heavy atom. The van der Waals surface area contributed by atoms with Crippen LogP contribution in [-0.4, -0.2) is 16.5 Å². The molecule has 1 aromatic heterocycles. The number of ether oxygens (including phenoxy) is 1. The molecule has 0 radical (unpaired) electrons. The van der Waals surface area contributed by atoms with E-state index in [-0.39, 0.29) is 17.1 Å². The van der Waals surface area contributed by atoms with Crippen LogP contribution in [0.25, 0.3) is 0 Å². The third kappa shape index (κ3) is 3.67. The Balaban J connectivity index is 3.29. The van der Waals surface area contributed by atoms with Crippen LogP contribution in [0.15, 0.2) is 6.07 Å². The number of rotatable bonds is 4. The summed E-state index contributed by atoms with van der Waals surface area (Å²) in [4.78, 5) is 3.28. The van der Waals surface area contributed by atoms with Crippen molar-refractivity contribution in [2.75, 3.05) is 0 Å². The van der Waals surface area contributed by atoms with Gasteiger partial charge in [-0.25, -0.2) is 13.8 Å². The fraction of sp³-hybridized carbons (Fsp3) is 0.444. The Labute approximate surface area is 103 Å². The number of halogens is 6. The molecule has 18 heavy (non-hydrogen) atoms. The van der Waals surface area contributed by atoms with E-state index in [9.17, 15) is 22.0 Å². The number of aliphatic hydroxyl groups is 1. The molecular formula is C9H7ClF5NO2. The second-order valence-electron chi connectivity index (χ2n) is 3.12. The zero-order chi connectivity index (χ0) is 13.9. The molecule has 1 rings (SSSR count). The van der Waals surface area contributed by atoms with E-state index in [0.29, 0.717) is 6.07 Å². The molecule has 0 saturated heterocycles. The summed E-state index contributed by atoms with van der Waals surface area (Å²) in [5.74, 6) is -1.46. The summed E-state index contributed by atoms with van der Waals surface area (Å²) in [5, 5.41) is 8.88. The van der Waals surface area contributed by atoms with Crippen LogP contribution in [0, 0.1) is 0 Å². The second kappa shape index (κ2) is 5.66. The monoisotopic (exact) mass is 291 g/mol. The van der Waals surface area contributed by atoms with Gasteiger partial charge in [-0.2, -0.15) is 0 Å². The number of pyridine rings is 1. The molecule has 0 atom stereocenters. The molecular weight excluding hydrogens is 285 g/mol. The molecule has 0 spiro atoms. The van der Waals surface area contributed by atoms with Gasteiger partial charge in [-0.3, -0.25) is 0 Å². The molecule has 0 aliphatic rings. The molecule has 102 valence electrons. The van der Waals surface area contributed by atoms with Crippen molar-refractivity contribution in [1.82, 2.24) is 4.98 Å². The highest BCUT2D eigenvalue weighted by Gasteiger charge is 2.34. The summed E-state index contributed by atoms with van der Waals surface area (Å²) >= 11 is 5.39. The van der Waals surface area contributed by atoms with Crippen LogP contribution >= 0.6 is 11.6 Å². The van der Waals surface area contributed by atoms with Crippen LogP contribution in [0.1, 0.15) is 23.4 Å². The summed E-state index contributed by atoms with van der Waals surface area (Å²) in [6.45, 7) is -0.688. The Kier molecular flexibility index (Phi) is 4.69. The molecule has 3 nitrogen and oxygen atoms in total. The number of hydrogen-bond acceptors (Lipinski definition) is 3. The minimum atomic E-state index is -5.12. The molecule has 0 aromatic carbocycles. The Hall–Kier alpha value is -1.15. The standard InChI is InChI=1S/C9H7ClF5NO2/c10-2-5-4(3-17)1-6(18-9(13,14)15)7(16-5)8(11)12/h1,8,17H,2-3H2. The fourth-order valence-corrected chi connectivity index (χ4v) is 1.43. The van der Waals surface area contributed by atoms with E-state index in [0.717, 1.165) is 0 Å². The SMILES string of the molecule is OCc1cc(OC(F)(F)F)c(C(F)F)nc1CCl. The van der Waals surface area contributed by atoms with Crippen LogP contribution in [0.2, 0.25) is 0 Å². The highest BCUT2D eigenvalue weighted by molar-refractivity contribution is 6.17. The average Bonchev–Trinajstić information content (AvgIpc) is 2.25. The first-order valence-corrected chi connectivity index (χ1v) is 5.05. The highest BCUT2D eigenvalue weighted by Crippen LogP contribution is 2.33. The lowest BCUT2D eigenvalue weighted by Crippen LogP contribution is -2.19. The normalized spacial score (nSPS) is 12.0. The van der Waals surface area contributed by atoms with E-state index in [1.807, 2.05) is 0 Å². The third-order valence-corrected chi connectivity index (χ3v) is 2.17. The smallest absolute Gasteiger partial charge is 0.404 e. The van der Waals surface area contributed by atoms with E-state index in [1.54, 1.807) is 0 Å². The topological polar surface area (TPSA) is 42.4 Å². The lowest BCUT2D eigenvalue weighted by atomic mass is 10.2. The fourth-order valence-electron chi connectivity index (χ4n) is 1.20. The van der Waals surface area contributed by atoms with E-state index in [4.69, 9.17) is 16.7 Å². The lowest BCUT2D eigenvalue weighted by molar-refractivity contribution is -0.275. The molecule has 1 N–H and O–H groups in total. The van der Waals surface area contributed by atoms with Crippen molar-refractivity contribution in [3.63, 3.8) is 0 Å². The van der Waals surface area contributed by atoms with Gasteiger partial charge >= 0.3 is 6.36 Å². The van der Waals surface area contributed by atoms with Gasteiger partial charge in [0.15, 0.2) is 5.75 Å². The molecule has 0 aliphatic carbocycles. The van der Waals surface area contributed by atoms with Crippen LogP contribution < -0.4 is 4.74 Å². The van der Waals surface area contributed by atoms with Crippen molar-refractivity contribution in [2.24, 2.45) is 0 Å². The zero-order valence-corrected chi connectivity index (χ0v) is 9.40. The largest absolute Gasteiger partial charge is 0.573 e. The van der Waals surface area contributed by atoms with E-state index in [1.165, 1.54) is 0 Å². The van der Waals surface area contributed by atoms with Crippen molar-refractivity contribution < 1.29 is 31.8 Å². The third-order valence-electron chi connectivity index (χ3n) is 1.91. The van der Waals surface area contributed by atoms with Gasteiger partial charge in [0.25, 0.3) is 6.43 Å². The van der Waals surface area contributed by atoms with Crippen molar-refractivity contribution in [2.45, 2.75) is 25.3 Å².